The van der Waals surface area contributed by atoms with Crippen molar-refractivity contribution >= 4 is 0 Å². The molecule has 0 unspecified atom stereocenters. The molecule has 3 N–H and O–H groups in total. The number of aromatic nitrogens is 1. The standard InChI is InChI=1S/C9H12N2O/c10-9(3-4-9)8-2-1-7(6-12)5-11-8/h1-2,5,12H,3-4,6,10H2. The predicted molar refractivity (Wildman–Crippen MR) is 45.3 cm³/mol. The van der Waals surface area contributed by atoms with E-state index in [9.17, 15) is 0 Å². The van der Waals surface area contributed by atoms with Crippen LogP contribution in [0, 0.1) is 0 Å². The summed E-state index contributed by atoms with van der Waals surface area (Å²) in [6.45, 7) is 0.0465. The maximum Gasteiger partial charge on any atom is 0.0696 e. The van der Waals surface area contributed by atoms with Gasteiger partial charge in [-0.2, -0.15) is 0 Å². The van der Waals surface area contributed by atoms with Gasteiger partial charge in [0.1, 0.15) is 0 Å². The summed E-state index contributed by atoms with van der Waals surface area (Å²) >= 11 is 0. The monoisotopic (exact) mass is 164 g/mol. The second-order valence-corrected chi connectivity index (χ2v) is 3.37. The highest BCUT2D eigenvalue weighted by molar-refractivity contribution is 5.24. The Bertz CT molecular complexity index is 277. The molecule has 1 aliphatic rings. The van der Waals surface area contributed by atoms with E-state index in [2.05, 4.69) is 4.98 Å². The summed E-state index contributed by atoms with van der Waals surface area (Å²) in [6.07, 6.45) is 3.74. The summed E-state index contributed by atoms with van der Waals surface area (Å²) in [5.41, 5.74) is 7.56. The van der Waals surface area contributed by atoms with E-state index in [-0.39, 0.29) is 12.1 Å². The Kier molecular flexibility index (Phi) is 1.63. The zero-order chi connectivity index (χ0) is 8.60. The Labute approximate surface area is 71.2 Å². The Hall–Kier alpha value is -0.930. The average molecular weight is 164 g/mol. The van der Waals surface area contributed by atoms with Crippen molar-refractivity contribution in [2.45, 2.75) is 25.0 Å². The van der Waals surface area contributed by atoms with Gasteiger partial charge in [-0.3, -0.25) is 4.98 Å². The van der Waals surface area contributed by atoms with Gasteiger partial charge in [0, 0.05) is 6.20 Å². The van der Waals surface area contributed by atoms with Gasteiger partial charge in [-0.25, -0.2) is 0 Å². The first kappa shape index (κ1) is 7.71. The van der Waals surface area contributed by atoms with Gasteiger partial charge in [-0.1, -0.05) is 6.07 Å². The second kappa shape index (κ2) is 2.54. The molecule has 0 aromatic carbocycles. The molecule has 64 valence electrons. The Morgan fingerprint density at radius 2 is 2.25 bits per heavy atom. The largest absolute Gasteiger partial charge is 0.392 e. The maximum atomic E-state index is 8.78. The lowest BCUT2D eigenvalue weighted by Crippen LogP contribution is -2.20. The first-order chi connectivity index (χ1) is 5.74. The molecule has 0 atom stereocenters. The van der Waals surface area contributed by atoms with Crippen molar-refractivity contribution < 1.29 is 5.11 Å². The highest BCUT2D eigenvalue weighted by Crippen LogP contribution is 2.41. The predicted octanol–water partition coefficient (Wildman–Crippen LogP) is 0.522. The molecule has 1 saturated carbocycles. The van der Waals surface area contributed by atoms with Gasteiger partial charge in [0.25, 0.3) is 0 Å². The van der Waals surface area contributed by atoms with Crippen molar-refractivity contribution in [3.05, 3.63) is 29.6 Å². The van der Waals surface area contributed by atoms with E-state index in [4.69, 9.17) is 10.8 Å². The third kappa shape index (κ3) is 1.21. The fraction of sp³-hybridized carbons (Fsp3) is 0.444. The number of aliphatic hydroxyl groups excluding tert-OH is 1. The van der Waals surface area contributed by atoms with Crippen LogP contribution in [0.15, 0.2) is 18.3 Å². The summed E-state index contributed by atoms with van der Waals surface area (Å²) in [6, 6.07) is 3.77. The average Bonchev–Trinajstić information content (AvgIpc) is 2.85. The van der Waals surface area contributed by atoms with Gasteiger partial charge in [-0.05, 0) is 24.5 Å². The molecule has 2 rings (SSSR count). The van der Waals surface area contributed by atoms with E-state index >= 15 is 0 Å². The third-order valence-electron chi connectivity index (χ3n) is 2.31. The SMILES string of the molecule is NC1(c2ccc(CO)cn2)CC1. The number of pyridine rings is 1. The summed E-state index contributed by atoms with van der Waals surface area (Å²) < 4.78 is 0. The number of nitrogens with two attached hydrogens (primary N) is 1. The van der Waals surface area contributed by atoms with Gasteiger partial charge in [0.15, 0.2) is 0 Å². The first-order valence-corrected chi connectivity index (χ1v) is 4.10. The second-order valence-electron chi connectivity index (χ2n) is 3.37. The summed E-state index contributed by atoms with van der Waals surface area (Å²) in [5, 5.41) is 8.78. The van der Waals surface area contributed by atoms with Crippen LogP contribution in [-0.2, 0) is 12.1 Å². The molecule has 1 aliphatic carbocycles. The molecule has 1 heterocycles. The fourth-order valence-corrected chi connectivity index (χ4v) is 1.20. The van der Waals surface area contributed by atoms with Crippen molar-refractivity contribution in [3.63, 3.8) is 0 Å². The van der Waals surface area contributed by atoms with E-state index in [1.807, 2.05) is 12.1 Å². The molecule has 3 heteroatoms. The minimum atomic E-state index is -0.159. The zero-order valence-corrected chi connectivity index (χ0v) is 6.83. The number of hydrogen-bond acceptors (Lipinski definition) is 3. The van der Waals surface area contributed by atoms with E-state index in [1.165, 1.54) is 0 Å². The molecule has 0 bridgehead atoms. The lowest BCUT2D eigenvalue weighted by molar-refractivity contribution is 0.281. The van der Waals surface area contributed by atoms with Crippen LogP contribution >= 0.6 is 0 Å². The summed E-state index contributed by atoms with van der Waals surface area (Å²) in [7, 11) is 0. The van der Waals surface area contributed by atoms with E-state index in [0.29, 0.717) is 0 Å². The highest BCUT2D eigenvalue weighted by Gasteiger charge is 2.41. The number of aliphatic hydroxyl groups is 1. The van der Waals surface area contributed by atoms with E-state index in [1.54, 1.807) is 6.20 Å². The lowest BCUT2D eigenvalue weighted by atomic mass is 10.1. The van der Waals surface area contributed by atoms with Crippen LogP contribution in [0.25, 0.3) is 0 Å². The normalized spacial score (nSPS) is 19.2. The van der Waals surface area contributed by atoms with E-state index in [0.717, 1.165) is 24.1 Å². The number of nitrogens with zero attached hydrogens (tertiary/aromatic N) is 1. The van der Waals surface area contributed by atoms with Gasteiger partial charge in [0.2, 0.25) is 0 Å². The topological polar surface area (TPSA) is 59.1 Å². The van der Waals surface area contributed by atoms with Gasteiger partial charge in [0.05, 0.1) is 17.8 Å². The molecule has 0 spiro atoms. The van der Waals surface area contributed by atoms with E-state index < -0.39 is 0 Å². The Morgan fingerprint density at radius 3 is 2.67 bits per heavy atom. The number of hydrogen-bond donors (Lipinski definition) is 2. The fourth-order valence-electron chi connectivity index (χ4n) is 1.20. The molecule has 0 aliphatic heterocycles. The van der Waals surface area contributed by atoms with Crippen LogP contribution in [0.4, 0.5) is 0 Å². The van der Waals surface area contributed by atoms with Crippen molar-refractivity contribution in [1.82, 2.24) is 4.98 Å². The van der Waals surface area contributed by atoms with Crippen molar-refractivity contribution in [1.29, 1.82) is 0 Å². The number of rotatable bonds is 2. The molecule has 3 nitrogen and oxygen atoms in total. The smallest absolute Gasteiger partial charge is 0.0696 e. The molecule has 12 heavy (non-hydrogen) atoms. The Morgan fingerprint density at radius 1 is 1.50 bits per heavy atom. The molecule has 1 aromatic rings. The minimum absolute atomic E-state index is 0.0465. The van der Waals surface area contributed by atoms with Gasteiger partial charge >= 0.3 is 0 Å². The molecule has 1 fully saturated rings. The van der Waals surface area contributed by atoms with Crippen LogP contribution in [0.5, 0.6) is 0 Å². The summed E-state index contributed by atoms with van der Waals surface area (Å²) in [5.74, 6) is 0. The minimum Gasteiger partial charge on any atom is -0.392 e. The van der Waals surface area contributed by atoms with Crippen LogP contribution in [-0.4, -0.2) is 10.1 Å². The molecular formula is C9H12N2O. The zero-order valence-electron chi connectivity index (χ0n) is 6.83. The molecule has 0 amide bonds. The maximum absolute atomic E-state index is 8.78. The van der Waals surface area contributed by atoms with Crippen LogP contribution in [0.3, 0.4) is 0 Å². The third-order valence-corrected chi connectivity index (χ3v) is 2.31. The van der Waals surface area contributed by atoms with Crippen LogP contribution in [0.1, 0.15) is 24.1 Å². The van der Waals surface area contributed by atoms with Gasteiger partial charge < -0.3 is 10.8 Å². The summed E-state index contributed by atoms with van der Waals surface area (Å²) in [4.78, 5) is 4.20. The lowest BCUT2D eigenvalue weighted by Gasteiger charge is -2.07. The molecular weight excluding hydrogens is 152 g/mol. The molecule has 0 radical (unpaired) electrons. The van der Waals surface area contributed by atoms with Crippen molar-refractivity contribution in [3.8, 4) is 0 Å². The van der Waals surface area contributed by atoms with Crippen LogP contribution in [0.2, 0.25) is 0 Å². The van der Waals surface area contributed by atoms with Gasteiger partial charge in [-0.15, -0.1) is 0 Å². The Balaban J connectivity index is 2.25. The molecule has 1 aromatic heterocycles. The first-order valence-electron chi connectivity index (χ1n) is 4.10. The van der Waals surface area contributed by atoms with Crippen molar-refractivity contribution in [2.75, 3.05) is 0 Å². The van der Waals surface area contributed by atoms with Crippen LogP contribution < -0.4 is 5.73 Å². The highest BCUT2D eigenvalue weighted by atomic mass is 16.3. The molecule has 0 saturated heterocycles. The van der Waals surface area contributed by atoms with Crippen molar-refractivity contribution in [2.24, 2.45) is 5.73 Å². The quantitative estimate of drug-likeness (QED) is 0.670.